The number of aliphatic imine (C=N–C) groups is 1. The third-order valence-electron chi connectivity index (χ3n) is 6.51. The van der Waals surface area contributed by atoms with E-state index in [0.717, 1.165) is 22.6 Å². The summed E-state index contributed by atoms with van der Waals surface area (Å²) in [5.41, 5.74) is 6.58. The summed E-state index contributed by atoms with van der Waals surface area (Å²) in [4.78, 5) is 4.04. The Labute approximate surface area is 195 Å². The number of hydrogen-bond acceptors (Lipinski definition) is 3. The largest absolute Gasteiger partial charge is 0.362 e. The molecule has 2 aromatic carbocycles. The highest BCUT2D eigenvalue weighted by atomic mass is 15.2. The molecule has 1 atom stereocenters. The third-order valence-corrected chi connectivity index (χ3v) is 6.51. The van der Waals surface area contributed by atoms with Crippen LogP contribution in [-0.4, -0.2) is 6.72 Å². The van der Waals surface area contributed by atoms with Crippen LogP contribution in [0.4, 0.5) is 11.4 Å². The summed E-state index contributed by atoms with van der Waals surface area (Å²) < 4.78 is 0. The van der Waals surface area contributed by atoms with Gasteiger partial charge in [0, 0.05) is 16.9 Å². The summed E-state index contributed by atoms with van der Waals surface area (Å²) in [5, 5.41) is 7.05. The molecule has 0 saturated carbocycles. The second-order valence-electron chi connectivity index (χ2n) is 9.12. The Morgan fingerprint density at radius 2 is 1.41 bits per heavy atom. The molecule has 0 radical (unpaired) electrons. The van der Waals surface area contributed by atoms with E-state index in [2.05, 4.69) is 60.1 Å². The maximum Gasteiger partial charge on any atom is 0.123 e. The van der Waals surface area contributed by atoms with Gasteiger partial charge in [-0.25, -0.2) is 0 Å². The van der Waals surface area contributed by atoms with Gasteiger partial charge in [-0.2, -0.15) is 0 Å². The molecule has 0 saturated heterocycles. The lowest BCUT2D eigenvalue weighted by Crippen LogP contribution is -2.31. The second-order valence-corrected chi connectivity index (χ2v) is 9.12. The van der Waals surface area contributed by atoms with E-state index in [-0.39, 0.29) is 6.17 Å². The van der Waals surface area contributed by atoms with Crippen molar-refractivity contribution < 1.29 is 0 Å². The molecule has 32 heavy (non-hydrogen) atoms. The van der Waals surface area contributed by atoms with Crippen molar-refractivity contribution in [3.63, 3.8) is 0 Å². The summed E-state index contributed by atoms with van der Waals surface area (Å²) in [6.45, 7) is 10.1. The van der Waals surface area contributed by atoms with Crippen molar-refractivity contribution in [2.24, 2.45) is 4.99 Å². The summed E-state index contributed by atoms with van der Waals surface area (Å²) in [6, 6.07) is 15.0. The monoisotopic (exact) mass is 431 g/mol. The minimum Gasteiger partial charge on any atom is -0.362 e. The molecule has 1 aliphatic rings. The minimum absolute atomic E-state index is 0.0195. The zero-order valence-electron chi connectivity index (χ0n) is 20.0. The predicted molar refractivity (Wildman–Crippen MR) is 141 cm³/mol. The number of fused-ring (bicyclic) bond motifs is 1. The molecule has 1 heterocycles. The average molecular weight is 432 g/mol. The molecule has 0 aromatic heterocycles. The van der Waals surface area contributed by atoms with Gasteiger partial charge in [0.15, 0.2) is 0 Å². The molecule has 172 valence electrons. The molecule has 1 unspecified atom stereocenters. The van der Waals surface area contributed by atoms with Crippen LogP contribution in [0.25, 0.3) is 5.70 Å². The van der Waals surface area contributed by atoms with E-state index in [0.29, 0.717) is 0 Å². The minimum atomic E-state index is 0.0195. The van der Waals surface area contributed by atoms with Gasteiger partial charge >= 0.3 is 0 Å². The Morgan fingerprint density at radius 1 is 0.781 bits per heavy atom. The first-order valence-electron chi connectivity index (χ1n) is 12.6. The zero-order chi connectivity index (χ0) is 22.6. The van der Waals surface area contributed by atoms with E-state index in [1.165, 1.54) is 88.2 Å². The quantitative estimate of drug-likeness (QED) is 0.232. The fourth-order valence-electron chi connectivity index (χ4n) is 4.49. The maximum absolute atomic E-state index is 4.20. The van der Waals surface area contributed by atoms with Gasteiger partial charge in [0.05, 0.1) is 5.69 Å². The maximum atomic E-state index is 4.20. The highest BCUT2D eigenvalue weighted by molar-refractivity contribution is 5.79. The molecule has 2 aromatic rings. The smallest absolute Gasteiger partial charge is 0.123 e. The Kier molecular flexibility index (Phi) is 9.87. The molecule has 0 aliphatic carbocycles. The van der Waals surface area contributed by atoms with Crippen molar-refractivity contribution in [1.29, 1.82) is 0 Å². The third kappa shape index (κ3) is 7.25. The molecule has 0 fully saturated rings. The fourth-order valence-corrected chi connectivity index (χ4v) is 4.49. The van der Waals surface area contributed by atoms with E-state index in [1.807, 2.05) is 18.2 Å². The first-order chi connectivity index (χ1) is 15.7. The van der Waals surface area contributed by atoms with Gasteiger partial charge in [-0.3, -0.25) is 4.99 Å². The number of unbranched alkanes of at least 4 members (excludes halogenated alkanes) is 10. The molecule has 1 aliphatic heterocycles. The van der Waals surface area contributed by atoms with Crippen molar-refractivity contribution in [1.82, 2.24) is 5.32 Å². The Morgan fingerprint density at radius 3 is 2.03 bits per heavy atom. The second kappa shape index (κ2) is 13.1. The van der Waals surface area contributed by atoms with Crippen LogP contribution < -0.4 is 10.6 Å². The van der Waals surface area contributed by atoms with E-state index in [9.17, 15) is 0 Å². The van der Waals surface area contributed by atoms with Crippen LogP contribution in [-0.2, 0) is 6.42 Å². The predicted octanol–water partition coefficient (Wildman–Crippen LogP) is 8.56. The standard InChI is InChI=1S/C29H41N3/c1-4-5-6-7-8-9-10-11-12-13-14-15-24-16-18-25(19-17-24)29-31-23(2)27-21-20-26(30-3)22-28(27)32-29/h16-22,29,31-32H,2-15H2,1H3. The number of hydrogen-bond donors (Lipinski definition) is 2. The highest BCUT2D eigenvalue weighted by Gasteiger charge is 2.21. The lowest BCUT2D eigenvalue weighted by molar-refractivity contribution is 0.549. The summed E-state index contributed by atoms with van der Waals surface area (Å²) in [7, 11) is 0. The molecule has 0 amide bonds. The highest BCUT2D eigenvalue weighted by Crippen LogP contribution is 2.34. The van der Waals surface area contributed by atoms with Gasteiger partial charge in [-0.05, 0) is 48.9 Å². The number of anilines is 1. The van der Waals surface area contributed by atoms with Crippen molar-refractivity contribution in [3.8, 4) is 0 Å². The van der Waals surface area contributed by atoms with Crippen LogP contribution in [0.2, 0.25) is 0 Å². The first-order valence-corrected chi connectivity index (χ1v) is 12.6. The first kappa shape index (κ1) is 24.1. The molecule has 2 N–H and O–H groups in total. The van der Waals surface area contributed by atoms with E-state index in [1.54, 1.807) is 0 Å². The number of nitrogens with one attached hydrogen (secondary N) is 2. The number of aryl methyl sites for hydroxylation is 1. The van der Waals surface area contributed by atoms with Crippen LogP contribution in [0.3, 0.4) is 0 Å². The number of benzene rings is 2. The van der Waals surface area contributed by atoms with Crippen LogP contribution in [0.1, 0.15) is 100 Å². The van der Waals surface area contributed by atoms with Gasteiger partial charge in [-0.1, -0.05) is 102 Å². The van der Waals surface area contributed by atoms with Gasteiger partial charge in [0.1, 0.15) is 6.17 Å². The molecular formula is C29H41N3. The summed E-state index contributed by atoms with van der Waals surface area (Å²) >= 11 is 0. The SMILES string of the molecule is C=Nc1ccc2c(c1)NC(c1ccc(CCCCCCCCCCCCC)cc1)NC2=C. The molecule has 0 spiro atoms. The lowest BCUT2D eigenvalue weighted by atomic mass is 10.0. The molecular weight excluding hydrogens is 390 g/mol. The molecule has 0 bridgehead atoms. The van der Waals surface area contributed by atoms with Crippen molar-refractivity contribution in [2.45, 2.75) is 90.1 Å². The van der Waals surface area contributed by atoms with Gasteiger partial charge in [0.25, 0.3) is 0 Å². The normalized spacial score (nSPS) is 15.0. The summed E-state index contributed by atoms with van der Waals surface area (Å²) in [6.07, 6.45) is 16.5. The average Bonchev–Trinajstić information content (AvgIpc) is 2.82. The fraction of sp³-hybridized carbons (Fsp3) is 0.483. The van der Waals surface area contributed by atoms with Crippen LogP contribution in [0.15, 0.2) is 54.0 Å². The lowest BCUT2D eigenvalue weighted by Gasteiger charge is -2.31. The van der Waals surface area contributed by atoms with Gasteiger partial charge in [0.2, 0.25) is 0 Å². The van der Waals surface area contributed by atoms with Crippen LogP contribution in [0.5, 0.6) is 0 Å². The number of rotatable bonds is 14. The van der Waals surface area contributed by atoms with Crippen LogP contribution >= 0.6 is 0 Å². The van der Waals surface area contributed by atoms with Crippen molar-refractivity contribution >= 4 is 23.8 Å². The van der Waals surface area contributed by atoms with Gasteiger partial charge in [-0.15, -0.1) is 0 Å². The molecule has 3 heteroatoms. The molecule has 3 rings (SSSR count). The van der Waals surface area contributed by atoms with Crippen molar-refractivity contribution in [3.05, 3.63) is 65.7 Å². The van der Waals surface area contributed by atoms with Gasteiger partial charge < -0.3 is 10.6 Å². The van der Waals surface area contributed by atoms with Crippen LogP contribution in [0, 0.1) is 0 Å². The zero-order valence-corrected chi connectivity index (χ0v) is 20.0. The van der Waals surface area contributed by atoms with Crippen molar-refractivity contribution in [2.75, 3.05) is 5.32 Å². The topological polar surface area (TPSA) is 36.4 Å². The Balaban J connectivity index is 1.36. The van der Waals surface area contributed by atoms with E-state index < -0.39 is 0 Å². The van der Waals surface area contributed by atoms with E-state index >= 15 is 0 Å². The molecule has 3 nitrogen and oxygen atoms in total. The Bertz CT molecular complexity index is 853. The van der Waals surface area contributed by atoms with E-state index in [4.69, 9.17) is 0 Å². The number of nitrogens with zero attached hydrogens (tertiary/aromatic N) is 1. The summed E-state index contributed by atoms with van der Waals surface area (Å²) in [5.74, 6) is 0. The Hall–Kier alpha value is -2.55.